The van der Waals surface area contributed by atoms with Gasteiger partial charge in [0.2, 0.25) is 0 Å². The Morgan fingerprint density at radius 1 is 1.25 bits per heavy atom. The Bertz CT molecular complexity index is 723. The van der Waals surface area contributed by atoms with Gasteiger partial charge in [0.05, 0.1) is 4.90 Å². The largest absolute Gasteiger partial charge is 0.434 e. The first-order valence-electron chi connectivity index (χ1n) is 5.17. The van der Waals surface area contributed by atoms with Crippen molar-refractivity contribution in [3.63, 3.8) is 0 Å². The van der Waals surface area contributed by atoms with E-state index in [-0.39, 0.29) is 9.24 Å². The van der Waals surface area contributed by atoms with Crippen molar-refractivity contribution in [3.05, 3.63) is 35.3 Å². The van der Waals surface area contributed by atoms with Crippen molar-refractivity contribution in [1.82, 2.24) is 4.98 Å². The molecule has 0 spiro atoms. The molecule has 0 atom stereocenters. The molecule has 2 rings (SSSR count). The van der Waals surface area contributed by atoms with Gasteiger partial charge in [-0.05, 0) is 12.1 Å². The third-order valence-electron chi connectivity index (χ3n) is 2.22. The molecule has 0 saturated carbocycles. The molecule has 0 bridgehead atoms. The number of hydrogen-bond acceptors (Lipinski definition) is 5. The van der Waals surface area contributed by atoms with Crippen LogP contribution in [0.4, 0.5) is 13.2 Å². The van der Waals surface area contributed by atoms with Crippen molar-refractivity contribution in [2.75, 3.05) is 6.26 Å². The lowest BCUT2D eigenvalue weighted by atomic mass is 10.4. The summed E-state index contributed by atoms with van der Waals surface area (Å²) in [5, 5.41) is 0.908. The molecule has 9 heteroatoms. The van der Waals surface area contributed by atoms with Gasteiger partial charge in [-0.3, -0.25) is 0 Å². The molecule has 0 aliphatic carbocycles. The predicted molar refractivity (Wildman–Crippen MR) is 70.8 cm³/mol. The lowest BCUT2D eigenvalue weighted by Gasteiger charge is -2.05. The number of alkyl halides is 3. The second kappa shape index (κ2) is 5.38. The predicted octanol–water partition coefficient (Wildman–Crippen LogP) is 3.72. The van der Waals surface area contributed by atoms with Crippen LogP contribution in [0.2, 0.25) is 0 Å². The summed E-state index contributed by atoms with van der Waals surface area (Å²) in [4.78, 5) is 3.90. The molecule has 0 saturated heterocycles. The first kappa shape index (κ1) is 15.3. The lowest BCUT2D eigenvalue weighted by Crippen LogP contribution is -2.04. The van der Waals surface area contributed by atoms with Crippen LogP contribution in [0.3, 0.4) is 0 Å². The van der Waals surface area contributed by atoms with Gasteiger partial charge in [0.25, 0.3) is 0 Å². The molecule has 0 aliphatic heterocycles. The molecule has 0 radical (unpaired) electrons. The van der Waals surface area contributed by atoms with Crippen molar-refractivity contribution in [2.24, 2.45) is 0 Å². The van der Waals surface area contributed by atoms with Gasteiger partial charge in [0, 0.05) is 16.5 Å². The summed E-state index contributed by atoms with van der Waals surface area (Å²) in [5.41, 5.74) is -0.971. The third-order valence-corrected chi connectivity index (χ3v) is 5.52. The molecule has 1 aromatic heterocycles. The van der Waals surface area contributed by atoms with Gasteiger partial charge in [-0.1, -0.05) is 23.9 Å². The van der Waals surface area contributed by atoms with Crippen LogP contribution in [0, 0.1) is 0 Å². The lowest BCUT2D eigenvalue weighted by molar-refractivity contribution is -0.141. The Morgan fingerprint density at radius 3 is 2.45 bits per heavy atom. The van der Waals surface area contributed by atoms with Crippen LogP contribution < -0.4 is 0 Å². The number of rotatable bonds is 3. The maximum Gasteiger partial charge on any atom is 0.434 e. The summed E-state index contributed by atoms with van der Waals surface area (Å²) in [6, 6.07) is 6.13. The maximum atomic E-state index is 12.4. The normalized spacial score (nSPS) is 12.6. The van der Waals surface area contributed by atoms with E-state index >= 15 is 0 Å². The summed E-state index contributed by atoms with van der Waals surface area (Å²) in [6.45, 7) is 0. The van der Waals surface area contributed by atoms with E-state index in [4.69, 9.17) is 0 Å². The van der Waals surface area contributed by atoms with Gasteiger partial charge in [0.15, 0.2) is 19.9 Å². The maximum absolute atomic E-state index is 12.4. The average molecular weight is 339 g/mol. The van der Waals surface area contributed by atoms with E-state index < -0.39 is 21.7 Å². The number of aromatic nitrogens is 1. The van der Waals surface area contributed by atoms with Gasteiger partial charge in [-0.2, -0.15) is 13.2 Å². The minimum atomic E-state index is -4.49. The van der Waals surface area contributed by atoms with Gasteiger partial charge in [-0.25, -0.2) is 13.4 Å². The molecule has 2 aromatic rings. The number of thiazole rings is 1. The zero-order valence-corrected chi connectivity index (χ0v) is 12.5. The molecule has 0 N–H and O–H groups in total. The Hall–Kier alpha value is -1.06. The highest BCUT2D eigenvalue weighted by atomic mass is 32.2. The molecule has 1 aromatic carbocycles. The fourth-order valence-corrected chi connectivity index (χ4v) is 4.51. The van der Waals surface area contributed by atoms with Gasteiger partial charge >= 0.3 is 6.18 Å². The second-order valence-electron chi connectivity index (χ2n) is 3.82. The van der Waals surface area contributed by atoms with Crippen LogP contribution in [0.5, 0.6) is 0 Å². The molecule has 3 nitrogen and oxygen atoms in total. The fraction of sp³-hybridized carbons (Fsp3) is 0.182. The first-order chi connectivity index (χ1) is 9.18. The van der Waals surface area contributed by atoms with Crippen molar-refractivity contribution in [2.45, 2.75) is 20.3 Å². The highest BCUT2D eigenvalue weighted by Crippen LogP contribution is 2.37. The van der Waals surface area contributed by atoms with E-state index in [1.165, 1.54) is 12.1 Å². The van der Waals surface area contributed by atoms with Crippen LogP contribution in [-0.4, -0.2) is 19.7 Å². The molecular weight excluding hydrogens is 331 g/mol. The summed E-state index contributed by atoms with van der Waals surface area (Å²) in [6.07, 6.45) is -3.44. The van der Waals surface area contributed by atoms with E-state index in [1.54, 1.807) is 12.1 Å². The first-order valence-corrected chi connectivity index (χ1v) is 8.76. The Balaban J connectivity index is 2.34. The second-order valence-corrected chi connectivity index (χ2v) is 7.95. The Morgan fingerprint density at radius 2 is 1.90 bits per heavy atom. The molecule has 108 valence electrons. The fourth-order valence-electron chi connectivity index (χ4n) is 1.37. The monoisotopic (exact) mass is 339 g/mol. The van der Waals surface area contributed by atoms with E-state index in [9.17, 15) is 21.6 Å². The molecule has 0 amide bonds. The van der Waals surface area contributed by atoms with Crippen molar-refractivity contribution >= 4 is 32.9 Å². The quantitative estimate of drug-likeness (QED) is 0.855. The van der Waals surface area contributed by atoms with Crippen LogP contribution in [-0.2, 0) is 16.0 Å². The van der Waals surface area contributed by atoms with Gasteiger partial charge < -0.3 is 0 Å². The van der Waals surface area contributed by atoms with Gasteiger partial charge in [-0.15, -0.1) is 11.3 Å². The number of hydrogen-bond donors (Lipinski definition) is 0. The summed E-state index contributed by atoms with van der Waals surface area (Å²) < 4.78 is 60.7. The third kappa shape index (κ3) is 3.53. The minimum absolute atomic E-state index is 0.0776. The van der Waals surface area contributed by atoms with E-state index in [1.807, 2.05) is 0 Å². The molecule has 20 heavy (non-hydrogen) atoms. The average Bonchev–Trinajstić information content (AvgIpc) is 2.76. The van der Waals surface area contributed by atoms with E-state index in [2.05, 4.69) is 4.98 Å². The standard InChI is InChI=1S/C11H8F3NO2S3/c1-20(16,17)8-5-3-2-4-7(8)19-10-15-9(6-18-10)11(12,13)14/h2-6H,1H3. The summed E-state index contributed by atoms with van der Waals surface area (Å²) in [5.74, 6) is 0. The molecule has 0 unspecified atom stereocenters. The van der Waals surface area contributed by atoms with Crippen molar-refractivity contribution in [3.8, 4) is 0 Å². The van der Waals surface area contributed by atoms with Crippen molar-refractivity contribution in [1.29, 1.82) is 0 Å². The molecule has 1 heterocycles. The Labute approximate surface area is 121 Å². The topological polar surface area (TPSA) is 47.0 Å². The zero-order chi connectivity index (χ0) is 15.0. The number of halogens is 3. The van der Waals surface area contributed by atoms with Crippen LogP contribution >= 0.6 is 23.1 Å². The molecule has 0 aliphatic rings. The number of nitrogens with zero attached hydrogens (tertiary/aromatic N) is 1. The smallest absolute Gasteiger partial charge is 0.225 e. The molecule has 0 fully saturated rings. The van der Waals surface area contributed by atoms with Crippen LogP contribution in [0.15, 0.2) is 43.8 Å². The summed E-state index contributed by atoms with van der Waals surface area (Å²) in [7, 11) is -3.44. The van der Waals surface area contributed by atoms with Gasteiger partial charge in [0.1, 0.15) is 0 Å². The van der Waals surface area contributed by atoms with Crippen LogP contribution in [0.1, 0.15) is 5.69 Å². The highest BCUT2D eigenvalue weighted by Gasteiger charge is 2.33. The van der Waals surface area contributed by atoms with Crippen LogP contribution in [0.25, 0.3) is 0 Å². The molecular formula is C11H8F3NO2S3. The van der Waals surface area contributed by atoms with E-state index in [0.29, 0.717) is 4.90 Å². The number of benzene rings is 1. The SMILES string of the molecule is CS(=O)(=O)c1ccccc1Sc1nc(C(F)(F)F)cs1. The Kier molecular flexibility index (Phi) is 4.12. The number of sulfone groups is 1. The minimum Gasteiger partial charge on any atom is -0.225 e. The highest BCUT2D eigenvalue weighted by molar-refractivity contribution is 8.01. The van der Waals surface area contributed by atoms with E-state index in [0.717, 1.165) is 34.7 Å². The summed E-state index contributed by atoms with van der Waals surface area (Å²) >= 11 is 1.73. The van der Waals surface area contributed by atoms with Crippen molar-refractivity contribution < 1.29 is 21.6 Å². The zero-order valence-electron chi connectivity index (χ0n) is 10.0.